The fraction of sp³-hybridized carbons (Fsp3) is 0.571. The Balaban J connectivity index is 1.59. The number of aryl methyl sites for hydroxylation is 1. The highest BCUT2D eigenvalue weighted by atomic mass is 16.5. The molecule has 0 radical (unpaired) electrons. The predicted molar refractivity (Wildman–Crippen MR) is 111 cm³/mol. The van der Waals surface area contributed by atoms with Crippen LogP contribution >= 0.6 is 0 Å². The molecule has 0 saturated carbocycles. The number of rotatable bonds is 7. The van der Waals surface area contributed by atoms with Gasteiger partial charge in [0.05, 0.1) is 0 Å². The number of nitrogens with zero attached hydrogens (tertiary/aromatic N) is 5. The van der Waals surface area contributed by atoms with Crippen molar-refractivity contribution in [2.45, 2.75) is 52.2 Å². The second-order valence-corrected chi connectivity index (χ2v) is 7.26. The molecule has 0 amide bonds. The summed E-state index contributed by atoms with van der Waals surface area (Å²) in [6.07, 6.45) is 4.54. The van der Waals surface area contributed by atoms with Crippen molar-refractivity contribution in [3.8, 4) is 5.75 Å². The molecule has 152 valence electrons. The van der Waals surface area contributed by atoms with Crippen LogP contribution in [0.25, 0.3) is 0 Å². The molecule has 1 aliphatic rings. The normalized spacial score (nSPS) is 15.7. The molecule has 0 atom stereocenters. The zero-order chi connectivity index (χ0) is 19.8. The fourth-order valence-electron chi connectivity index (χ4n) is 3.26. The van der Waals surface area contributed by atoms with Crippen molar-refractivity contribution in [1.29, 1.82) is 0 Å². The quantitative estimate of drug-likeness (QED) is 0.452. The molecule has 28 heavy (non-hydrogen) atoms. The van der Waals surface area contributed by atoms with Crippen molar-refractivity contribution in [1.82, 2.24) is 25.0 Å². The van der Waals surface area contributed by atoms with Crippen LogP contribution in [0.1, 0.15) is 44.3 Å². The third-order valence-electron chi connectivity index (χ3n) is 5.15. The molecule has 0 spiro atoms. The number of hydrogen-bond acceptors (Lipinski definition) is 4. The van der Waals surface area contributed by atoms with Gasteiger partial charge in [0.15, 0.2) is 11.8 Å². The van der Waals surface area contributed by atoms with Crippen LogP contribution in [0, 0.1) is 6.92 Å². The van der Waals surface area contributed by atoms with E-state index in [9.17, 15) is 0 Å². The first kappa shape index (κ1) is 20.2. The van der Waals surface area contributed by atoms with Gasteiger partial charge in [-0.25, -0.2) is 4.99 Å². The highest BCUT2D eigenvalue weighted by molar-refractivity contribution is 5.80. The molecule has 7 nitrogen and oxygen atoms in total. The number of nitrogens with one attached hydrogen (secondary N) is 1. The zero-order valence-corrected chi connectivity index (χ0v) is 17.3. The average molecular weight is 385 g/mol. The minimum atomic E-state index is 0.261. The van der Waals surface area contributed by atoms with Gasteiger partial charge in [-0.15, -0.1) is 10.2 Å². The van der Waals surface area contributed by atoms with Crippen molar-refractivity contribution in [2.75, 3.05) is 19.6 Å². The van der Waals surface area contributed by atoms with Gasteiger partial charge in [0.25, 0.3) is 0 Å². The summed E-state index contributed by atoms with van der Waals surface area (Å²) < 4.78 is 8.11. The van der Waals surface area contributed by atoms with Crippen molar-refractivity contribution in [2.24, 2.45) is 12.0 Å². The Bertz CT molecular complexity index is 750. The molecule has 1 saturated heterocycles. The molecule has 1 fully saturated rings. The second kappa shape index (κ2) is 10.1. The van der Waals surface area contributed by atoms with Crippen LogP contribution in [0.5, 0.6) is 5.75 Å². The fourth-order valence-corrected chi connectivity index (χ4v) is 3.26. The van der Waals surface area contributed by atoms with E-state index in [-0.39, 0.29) is 6.10 Å². The minimum Gasteiger partial charge on any atom is -0.490 e. The number of likely N-dealkylation sites (tertiary alicyclic amines) is 1. The topological polar surface area (TPSA) is 67.6 Å². The number of aromatic nitrogens is 3. The van der Waals surface area contributed by atoms with Gasteiger partial charge in [0.1, 0.15) is 24.2 Å². The van der Waals surface area contributed by atoms with Crippen LogP contribution in [0.2, 0.25) is 0 Å². The lowest BCUT2D eigenvalue weighted by atomic mass is 10.1. The van der Waals surface area contributed by atoms with Crippen LogP contribution in [0.3, 0.4) is 0 Å². The molecule has 0 bridgehead atoms. The maximum absolute atomic E-state index is 6.12. The van der Waals surface area contributed by atoms with Crippen LogP contribution in [0.4, 0.5) is 0 Å². The summed E-state index contributed by atoms with van der Waals surface area (Å²) >= 11 is 0. The van der Waals surface area contributed by atoms with Crippen molar-refractivity contribution < 1.29 is 4.74 Å². The van der Waals surface area contributed by atoms with Gasteiger partial charge in [-0.2, -0.15) is 0 Å². The highest BCUT2D eigenvalue weighted by Crippen LogP contribution is 2.18. The number of benzene rings is 1. The van der Waals surface area contributed by atoms with Crippen molar-refractivity contribution in [3.05, 3.63) is 42.0 Å². The third kappa shape index (κ3) is 5.47. The van der Waals surface area contributed by atoms with Gasteiger partial charge in [-0.1, -0.05) is 31.5 Å². The van der Waals surface area contributed by atoms with Crippen LogP contribution in [-0.4, -0.2) is 51.4 Å². The maximum atomic E-state index is 6.12. The molecule has 2 heterocycles. The van der Waals surface area contributed by atoms with E-state index in [1.807, 2.05) is 48.9 Å². The standard InChI is InChI=1S/C21H32N6O/c1-4-5-13-22-21(23-16-20-25-24-17(2)26(20)3)27-14-11-19(12-15-27)28-18-9-7-6-8-10-18/h6-10,19H,4-5,11-16H2,1-3H3,(H,22,23). The van der Waals surface area contributed by atoms with E-state index in [1.165, 1.54) is 0 Å². The lowest BCUT2D eigenvalue weighted by Crippen LogP contribution is -2.47. The number of para-hydroxylation sites is 1. The Morgan fingerprint density at radius 1 is 1.21 bits per heavy atom. The Morgan fingerprint density at radius 2 is 1.96 bits per heavy atom. The summed E-state index contributed by atoms with van der Waals surface area (Å²) in [5.74, 6) is 3.71. The molecule has 0 aliphatic carbocycles. The molecule has 7 heteroatoms. The lowest BCUT2D eigenvalue weighted by molar-refractivity contribution is 0.129. The largest absolute Gasteiger partial charge is 0.490 e. The van der Waals surface area contributed by atoms with Gasteiger partial charge >= 0.3 is 0 Å². The summed E-state index contributed by atoms with van der Waals surface area (Å²) in [5.41, 5.74) is 0. The third-order valence-corrected chi connectivity index (χ3v) is 5.15. The Labute approximate surface area is 167 Å². The molecule has 1 aromatic heterocycles. The second-order valence-electron chi connectivity index (χ2n) is 7.26. The smallest absolute Gasteiger partial charge is 0.194 e. The monoisotopic (exact) mass is 384 g/mol. The van der Waals surface area contributed by atoms with Crippen molar-refractivity contribution >= 4 is 5.96 Å². The van der Waals surface area contributed by atoms with E-state index < -0.39 is 0 Å². The molecule has 1 aromatic carbocycles. The van der Waals surface area contributed by atoms with Gasteiger partial charge < -0.3 is 19.5 Å². The van der Waals surface area contributed by atoms with Crippen molar-refractivity contribution in [3.63, 3.8) is 0 Å². The molecule has 0 unspecified atom stereocenters. The van der Waals surface area contributed by atoms with Crippen LogP contribution < -0.4 is 10.1 Å². The molecule has 1 aliphatic heterocycles. The van der Waals surface area contributed by atoms with Gasteiger partial charge in [0.2, 0.25) is 0 Å². The summed E-state index contributed by atoms with van der Waals surface area (Å²) in [6.45, 7) is 7.51. The van der Waals surface area contributed by atoms with E-state index in [2.05, 4.69) is 27.3 Å². The molecule has 1 N–H and O–H groups in total. The summed E-state index contributed by atoms with van der Waals surface area (Å²) in [5, 5.41) is 11.9. The zero-order valence-electron chi connectivity index (χ0n) is 17.3. The highest BCUT2D eigenvalue weighted by Gasteiger charge is 2.23. The number of aliphatic imine (C=N–C) groups is 1. The van der Waals surface area contributed by atoms with E-state index in [4.69, 9.17) is 9.73 Å². The Hall–Kier alpha value is -2.57. The summed E-state index contributed by atoms with van der Waals surface area (Å²) in [4.78, 5) is 7.18. The number of ether oxygens (including phenoxy) is 1. The van der Waals surface area contributed by atoms with Gasteiger partial charge in [-0.05, 0) is 25.5 Å². The van der Waals surface area contributed by atoms with E-state index >= 15 is 0 Å². The lowest BCUT2D eigenvalue weighted by Gasteiger charge is -2.34. The number of hydrogen-bond donors (Lipinski definition) is 1. The number of piperidine rings is 1. The first-order chi connectivity index (χ1) is 13.7. The summed E-state index contributed by atoms with van der Waals surface area (Å²) in [6, 6.07) is 10.1. The van der Waals surface area contributed by atoms with Gasteiger partial charge in [0, 0.05) is 39.5 Å². The van der Waals surface area contributed by atoms with Crippen LogP contribution in [0.15, 0.2) is 35.3 Å². The molecular formula is C21H32N6O. The number of guanidine groups is 1. The van der Waals surface area contributed by atoms with Crippen LogP contribution in [-0.2, 0) is 13.6 Å². The summed E-state index contributed by atoms with van der Waals surface area (Å²) in [7, 11) is 1.98. The molecule has 3 rings (SSSR count). The van der Waals surface area contributed by atoms with E-state index in [1.54, 1.807) is 0 Å². The minimum absolute atomic E-state index is 0.261. The van der Waals surface area contributed by atoms with E-state index in [0.29, 0.717) is 6.54 Å². The SMILES string of the molecule is CCCCNC(=NCc1nnc(C)n1C)N1CCC(Oc2ccccc2)CC1. The number of unbranched alkanes of at least 4 members (excludes halogenated alkanes) is 1. The molecular weight excluding hydrogens is 352 g/mol. The average Bonchev–Trinajstić information content (AvgIpc) is 3.04. The maximum Gasteiger partial charge on any atom is 0.194 e. The van der Waals surface area contributed by atoms with Gasteiger partial charge in [-0.3, -0.25) is 0 Å². The first-order valence-corrected chi connectivity index (χ1v) is 10.3. The molecule has 2 aromatic rings. The predicted octanol–water partition coefficient (Wildman–Crippen LogP) is 2.91. The van der Waals surface area contributed by atoms with E-state index in [0.717, 1.165) is 68.7 Å². The Morgan fingerprint density at radius 3 is 2.61 bits per heavy atom. The first-order valence-electron chi connectivity index (χ1n) is 10.3. The Kier molecular flexibility index (Phi) is 7.28.